The zero-order valence-electron chi connectivity index (χ0n) is 17.1. The van der Waals surface area contributed by atoms with Gasteiger partial charge in [0, 0.05) is 23.7 Å². The van der Waals surface area contributed by atoms with Crippen LogP contribution in [-0.2, 0) is 16.1 Å². The molecule has 0 spiro atoms. The summed E-state index contributed by atoms with van der Waals surface area (Å²) in [7, 11) is 0. The summed E-state index contributed by atoms with van der Waals surface area (Å²) in [6, 6.07) is 11.5. The summed E-state index contributed by atoms with van der Waals surface area (Å²) in [5.41, 5.74) is 2.56. The Morgan fingerprint density at radius 3 is 2.77 bits per heavy atom. The number of hydrogen-bond donors (Lipinski definition) is 2. The second-order valence-corrected chi connectivity index (χ2v) is 8.50. The van der Waals surface area contributed by atoms with E-state index in [1.807, 2.05) is 36.4 Å². The van der Waals surface area contributed by atoms with E-state index >= 15 is 0 Å². The lowest BCUT2D eigenvalue weighted by Gasteiger charge is -2.25. The van der Waals surface area contributed by atoms with Crippen LogP contribution in [0.15, 0.2) is 41.3 Å². The molecule has 1 amide bonds. The number of nitrogens with one attached hydrogen (secondary N) is 2. The molecule has 0 aliphatic carbocycles. The molecule has 0 radical (unpaired) electrons. The van der Waals surface area contributed by atoms with Gasteiger partial charge in [-0.3, -0.25) is 9.69 Å². The molecule has 31 heavy (non-hydrogen) atoms. The Morgan fingerprint density at radius 1 is 1.06 bits per heavy atom. The molecule has 1 fully saturated rings. The van der Waals surface area contributed by atoms with Gasteiger partial charge in [0.05, 0.1) is 36.5 Å². The first-order valence-corrected chi connectivity index (χ1v) is 11.3. The number of carbonyl (C=O) groups is 1. The zero-order valence-corrected chi connectivity index (χ0v) is 17.9. The SMILES string of the molecule is O=C(CSc1ccc2c(c1)OCCO2)Nc1ccc2nc(CN3CCOCC3)[nH]c2c1. The van der Waals surface area contributed by atoms with Crippen molar-refractivity contribution in [2.45, 2.75) is 11.4 Å². The van der Waals surface area contributed by atoms with Crippen LogP contribution in [0.25, 0.3) is 11.0 Å². The summed E-state index contributed by atoms with van der Waals surface area (Å²) in [5, 5.41) is 2.97. The molecule has 1 saturated heterocycles. The number of imidazole rings is 1. The molecule has 2 N–H and O–H groups in total. The summed E-state index contributed by atoms with van der Waals surface area (Å²) in [6.07, 6.45) is 0. The Kier molecular flexibility index (Phi) is 5.97. The van der Waals surface area contributed by atoms with Crippen molar-refractivity contribution < 1.29 is 19.0 Å². The molecule has 3 heterocycles. The molecule has 0 unspecified atom stereocenters. The molecule has 0 saturated carbocycles. The highest BCUT2D eigenvalue weighted by Crippen LogP contribution is 2.34. The van der Waals surface area contributed by atoms with E-state index < -0.39 is 0 Å². The molecule has 2 aliphatic rings. The van der Waals surface area contributed by atoms with Crippen molar-refractivity contribution in [3.05, 3.63) is 42.2 Å². The van der Waals surface area contributed by atoms with E-state index in [0.29, 0.717) is 19.0 Å². The van der Waals surface area contributed by atoms with Gasteiger partial charge in [-0.1, -0.05) is 0 Å². The van der Waals surface area contributed by atoms with Crippen LogP contribution < -0.4 is 14.8 Å². The highest BCUT2D eigenvalue weighted by molar-refractivity contribution is 8.00. The molecule has 8 nitrogen and oxygen atoms in total. The molecule has 2 aromatic carbocycles. The highest BCUT2D eigenvalue weighted by Gasteiger charge is 2.14. The van der Waals surface area contributed by atoms with Gasteiger partial charge in [0.2, 0.25) is 5.91 Å². The maximum absolute atomic E-state index is 12.4. The second-order valence-electron chi connectivity index (χ2n) is 7.45. The maximum Gasteiger partial charge on any atom is 0.234 e. The normalized spacial score (nSPS) is 16.4. The van der Waals surface area contributed by atoms with Crippen LogP contribution in [0.5, 0.6) is 11.5 Å². The molecule has 3 aromatic rings. The average molecular weight is 441 g/mol. The number of ether oxygens (including phenoxy) is 3. The predicted octanol–water partition coefficient (Wildman–Crippen LogP) is 2.90. The fourth-order valence-corrected chi connectivity index (χ4v) is 4.37. The van der Waals surface area contributed by atoms with E-state index in [1.54, 1.807) is 0 Å². The maximum atomic E-state index is 12.4. The first kappa shape index (κ1) is 20.2. The first-order chi connectivity index (χ1) is 15.2. The number of morpholine rings is 1. The number of anilines is 1. The van der Waals surface area contributed by atoms with E-state index in [0.717, 1.165) is 71.8 Å². The number of thioether (sulfide) groups is 1. The summed E-state index contributed by atoms with van der Waals surface area (Å²) >= 11 is 1.46. The van der Waals surface area contributed by atoms with Gasteiger partial charge in [0.1, 0.15) is 19.0 Å². The van der Waals surface area contributed by atoms with E-state index in [-0.39, 0.29) is 5.91 Å². The number of H-pyrrole nitrogens is 1. The topological polar surface area (TPSA) is 88.7 Å². The summed E-state index contributed by atoms with van der Waals surface area (Å²) in [4.78, 5) is 23.8. The number of nitrogens with zero attached hydrogens (tertiary/aromatic N) is 2. The Bertz CT molecular complexity index is 1080. The van der Waals surface area contributed by atoms with Crippen LogP contribution in [0.2, 0.25) is 0 Å². The van der Waals surface area contributed by atoms with Crippen LogP contribution >= 0.6 is 11.8 Å². The van der Waals surface area contributed by atoms with Crippen molar-refractivity contribution in [1.82, 2.24) is 14.9 Å². The van der Waals surface area contributed by atoms with Crippen LogP contribution in [0.3, 0.4) is 0 Å². The van der Waals surface area contributed by atoms with Gasteiger partial charge in [-0.2, -0.15) is 0 Å². The van der Waals surface area contributed by atoms with E-state index in [1.165, 1.54) is 11.8 Å². The Morgan fingerprint density at radius 2 is 1.90 bits per heavy atom. The number of rotatable bonds is 6. The molecule has 1 aromatic heterocycles. The van der Waals surface area contributed by atoms with Crippen LogP contribution in [0.4, 0.5) is 5.69 Å². The van der Waals surface area contributed by atoms with Crippen LogP contribution in [-0.4, -0.2) is 66.0 Å². The zero-order chi connectivity index (χ0) is 21.0. The van der Waals surface area contributed by atoms with Gasteiger partial charge in [-0.05, 0) is 36.4 Å². The summed E-state index contributed by atoms with van der Waals surface area (Å²) < 4.78 is 16.5. The van der Waals surface area contributed by atoms with E-state index in [2.05, 4.69) is 20.2 Å². The minimum absolute atomic E-state index is 0.0627. The molecule has 5 rings (SSSR count). The van der Waals surface area contributed by atoms with Crippen LogP contribution in [0.1, 0.15) is 5.82 Å². The molecule has 0 atom stereocenters. The Labute approximate surface area is 184 Å². The Balaban J connectivity index is 1.18. The Hall–Kier alpha value is -2.75. The van der Waals surface area contributed by atoms with Gasteiger partial charge in [0.25, 0.3) is 0 Å². The monoisotopic (exact) mass is 440 g/mol. The standard InChI is InChI=1S/C22H24N4O4S/c27-22(14-31-16-2-4-19-20(12-16)30-10-9-29-19)23-15-1-3-17-18(11-15)25-21(24-17)13-26-5-7-28-8-6-26/h1-4,11-12H,5-10,13-14H2,(H,23,27)(H,24,25). The smallest absolute Gasteiger partial charge is 0.234 e. The predicted molar refractivity (Wildman–Crippen MR) is 119 cm³/mol. The lowest BCUT2D eigenvalue weighted by molar-refractivity contribution is -0.113. The van der Waals surface area contributed by atoms with Crippen molar-refractivity contribution in [2.75, 3.05) is 50.6 Å². The molecule has 9 heteroatoms. The number of benzene rings is 2. The number of fused-ring (bicyclic) bond motifs is 2. The third-order valence-electron chi connectivity index (χ3n) is 5.18. The van der Waals surface area contributed by atoms with Crippen molar-refractivity contribution in [1.29, 1.82) is 0 Å². The van der Waals surface area contributed by atoms with Gasteiger partial charge < -0.3 is 24.5 Å². The van der Waals surface area contributed by atoms with E-state index in [4.69, 9.17) is 14.2 Å². The third-order valence-corrected chi connectivity index (χ3v) is 6.17. The largest absolute Gasteiger partial charge is 0.486 e. The van der Waals surface area contributed by atoms with Crippen molar-refractivity contribution in [2.24, 2.45) is 0 Å². The number of amides is 1. The minimum Gasteiger partial charge on any atom is -0.486 e. The van der Waals surface area contributed by atoms with Gasteiger partial charge in [0.15, 0.2) is 11.5 Å². The molecular formula is C22H24N4O4S. The fraction of sp³-hybridized carbons (Fsp3) is 0.364. The highest BCUT2D eigenvalue weighted by atomic mass is 32.2. The molecule has 2 aliphatic heterocycles. The summed E-state index contributed by atoms with van der Waals surface area (Å²) in [5.74, 6) is 2.65. The van der Waals surface area contributed by atoms with Gasteiger partial charge in [-0.15, -0.1) is 11.8 Å². The van der Waals surface area contributed by atoms with Crippen molar-refractivity contribution in [3.8, 4) is 11.5 Å². The first-order valence-electron chi connectivity index (χ1n) is 10.3. The second kappa shape index (κ2) is 9.17. The third kappa shape index (κ3) is 4.95. The van der Waals surface area contributed by atoms with Gasteiger partial charge >= 0.3 is 0 Å². The number of carbonyl (C=O) groups excluding carboxylic acids is 1. The molecule has 162 valence electrons. The number of aromatic amines is 1. The molecular weight excluding hydrogens is 416 g/mol. The number of aromatic nitrogens is 2. The molecule has 0 bridgehead atoms. The average Bonchev–Trinajstić information content (AvgIpc) is 3.19. The quantitative estimate of drug-likeness (QED) is 0.570. The van der Waals surface area contributed by atoms with Crippen LogP contribution in [0, 0.1) is 0 Å². The fourth-order valence-electron chi connectivity index (χ4n) is 3.65. The van der Waals surface area contributed by atoms with Gasteiger partial charge in [-0.25, -0.2) is 4.98 Å². The minimum atomic E-state index is -0.0627. The lowest BCUT2D eigenvalue weighted by Crippen LogP contribution is -2.35. The van der Waals surface area contributed by atoms with E-state index in [9.17, 15) is 4.79 Å². The lowest BCUT2D eigenvalue weighted by atomic mass is 10.3. The summed E-state index contributed by atoms with van der Waals surface area (Å²) in [6.45, 7) is 5.25. The van der Waals surface area contributed by atoms with Crippen molar-refractivity contribution >= 4 is 34.4 Å². The number of hydrogen-bond acceptors (Lipinski definition) is 7. The van der Waals surface area contributed by atoms with Crippen molar-refractivity contribution in [3.63, 3.8) is 0 Å².